The molecule has 2 fully saturated rings. The van der Waals surface area contributed by atoms with Crippen molar-refractivity contribution in [2.45, 2.75) is 70.9 Å². The topological polar surface area (TPSA) is 240 Å². The lowest BCUT2D eigenvalue weighted by molar-refractivity contribution is -0.137. The first-order chi connectivity index (χ1) is 26.9. The third-order valence-electron chi connectivity index (χ3n) is 7.84. The number of carbonyl (C=O) groups is 4. The summed E-state index contributed by atoms with van der Waals surface area (Å²) in [4.78, 5) is 73.9. The van der Waals surface area contributed by atoms with Crippen LogP contribution >= 0.6 is 42.4 Å². The van der Waals surface area contributed by atoms with Crippen LogP contribution in [0.2, 0.25) is 10.0 Å². The van der Waals surface area contributed by atoms with Crippen LogP contribution in [0, 0.1) is 18.6 Å². The maximum atomic E-state index is 14.3. The summed E-state index contributed by atoms with van der Waals surface area (Å²) in [5.41, 5.74) is -1.23. The van der Waals surface area contributed by atoms with E-state index < -0.39 is 79.3 Å². The quantitative estimate of drug-likeness (QED) is 0.0594. The van der Waals surface area contributed by atoms with E-state index in [9.17, 15) is 46.1 Å². The minimum absolute atomic E-state index is 0.00962. The number of nitrogens with one attached hydrogen (secondary N) is 1. The van der Waals surface area contributed by atoms with Crippen molar-refractivity contribution in [1.82, 2.24) is 19.7 Å². The molecule has 2 aromatic carbocycles. The number of aliphatic carboxylic acids is 2. The number of nitrogens with zero attached hydrogens (tertiary/aromatic N) is 4. The largest absolute Gasteiger partial charge is 0.489 e. The van der Waals surface area contributed by atoms with Crippen LogP contribution in [0.5, 0.6) is 5.75 Å². The first kappa shape index (κ1) is 47.9. The zero-order chi connectivity index (χ0) is 43.8. The minimum Gasteiger partial charge on any atom is -0.489 e. The van der Waals surface area contributed by atoms with Gasteiger partial charge in [-0.1, -0.05) is 23.2 Å². The van der Waals surface area contributed by atoms with Crippen LogP contribution in [0.3, 0.4) is 0 Å². The molecule has 1 saturated carbocycles. The number of carboxylic acids is 2. The molecule has 2 amide bonds. The Morgan fingerprint density at radius 3 is 2.10 bits per heavy atom. The molecule has 1 atom stereocenters. The SMILES string of the molecule is CC(C)=C1OC(=O)N(c2cc(OC3CCCC3)c(Cl)cc2F)C1=O.Cc1nn(-c2cc(CC(Cl)C(=O)O)c(Cl)cc2F)c(=O)n1C(F)F.O=C(O)CNCP(=O)(O)O. The van der Waals surface area contributed by atoms with Gasteiger partial charge in [-0.2, -0.15) is 13.5 Å². The van der Waals surface area contributed by atoms with Crippen molar-refractivity contribution in [1.29, 1.82) is 0 Å². The minimum atomic E-state index is -4.10. The summed E-state index contributed by atoms with van der Waals surface area (Å²) < 4.78 is 75.4. The van der Waals surface area contributed by atoms with Crippen LogP contribution in [0.15, 0.2) is 40.4 Å². The predicted octanol–water partition coefficient (Wildman–Crippen LogP) is 6.14. The van der Waals surface area contributed by atoms with E-state index in [1.165, 1.54) is 6.07 Å². The lowest BCUT2D eigenvalue weighted by Crippen LogP contribution is -2.29. The Hall–Kier alpha value is -4.50. The van der Waals surface area contributed by atoms with Gasteiger partial charge in [-0.3, -0.25) is 24.3 Å². The lowest BCUT2D eigenvalue weighted by Gasteiger charge is -2.18. The number of cyclic esters (lactones) is 1. The van der Waals surface area contributed by atoms with Gasteiger partial charge in [0, 0.05) is 17.5 Å². The second-order valence-electron chi connectivity index (χ2n) is 12.5. The Bertz CT molecular complexity index is 2190. The number of hydrogen-bond acceptors (Lipinski definition) is 10. The van der Waals surface area contributed by atoms with Crippen molar-refractivity contribution in [3.05, 3.63) is 79.1 Å². The number of halogens is 7. The van der Waals surface area contributed by atoms with Gasteiger partial charge in [0.2, 0.25) is 0 Å². The molecule has 5 rings (SSSR count). The first-order valence-corrected chi connectivity index (χ1v) is 19.6. The molecule has 2 aliphatic rings. The van der Waals surface area contributed by atoms with Crippen molar-refractivity contribution in [3.63, 3.8) is 0 Å². The third-order valence-corrected chi connectivity index (χ3v) is 9.47. The molecule has 1 aliphatic carbocycles. The summed E-state index contributed by atoms with van der Waals surface area (Å²) in [6.45, 7) is 0.858. The van der Waals surface area contributed by atoms with E-state index in [4.69, 9.17) is 64.3 Å². The van der Waals surface area contributed by atoms with Crippen LogP contribution in [-0.4, -0.2) is 82.6 Å². The number of aryl methyl sites for hydroxylation is 1. The Labute approximate surface area is 340 Å². The second kappa shape index (κ2) is 20.5. The van der Waals surface area contributed by atoms with E-state index in [1.807, 2.05) is 0 Å². The number of allylic oxidation sites excluding steroid dienone is 1. The molecule has 0 radical (unpaired) electrons. The van der Waals surface area contributed by atoms with Crippen LogP contribution in [0.4, 0.5) is 28.0 Å². The highest BCUT2D eigenvalue weighted by atomic mass is 35.5. The van der Waals surface area contributed by atoms with Gasteiger partial charge in [-0.15, -0.1) is 16.7 Å². The molecular weight excluding hydrogens is 872 g/mol. The number of benzene rings is 2. The van der Waals surface area contributed by atoms with Crippen LogP contribution in [0.25, 0.3) is 5.69 Å². The van der Waals surface area contributed by atoms with Gasteiger partial charge in [0.15, 0.2) is 11.6 Å². The fourth-order valence-corrected chi connectivity index (χ4v) is 6.19. The molecule has 5 N–H and O–H groups in total. The van der Waals surface area contributed by atoms with E-state index in [1.54, 1.807) is 13.8 Å². The Kier molecular flexibility index (Phi) is 16.9. The fraction of sp³-hybridized carbons (Fsp3) is 0.394. The molecule has 1 aliphatic heterocycles. The second-order valence-corrected chi connectivity index (χ2v) is 15.5. The highest BCUT2D eigenvalue weighted by Crippen LogP contribution is 2.38. The maximum Gasteiger partial charge on any atom is 0.427 e. The molecule has 1 saturated heterocycles. The molecule has 1 aromatic heterocycles. The average molecular weight is 907 g/mol. The molecule has 25 heteroatoms. The third kappa shape index (κ3) is 12.7. The molecule has 58 heavy (non-hydrogen) atoms. The molecule has 2 heterocycles. The lowest BCUT2D eigenvalue weighted by atomic mass is 10.1. The van der Waals surface area contributed by atoms with Gasteiger partial charge >= 0.3 is 43.8 Å². The van der Waals surface area contributed by atoms with Crippen molar-refractivity contribution < 1.29 is 70.8 Å². The van der Waals surface area contributed by atoms with Crippen molar-refractivity contribution >= 4 is 72.0 Å². The van der Waals surface area contributed by atoms with E-state index in [0.29, 0.717) is 15.2 Å². The Morgan fingerprint density at radius 2 is 1.60 bits per heavy atom. The van der Waals surface area contributed by atoms with Crippen LogP contribution < -0.4 is 20.6 Å². The Balaban J connectivity index is 0.000000253. The summed E-state index contributed by atoms with van der Waals surface area (Å²) in [6, 6.07) is 4.21. The highest BCUT2D eigenvalue weighted by Gasteiger charge is 2.40. The van der Waals surface area contributed by atoms with E-state index in [0.717, 1.165) is 50.8 Å². The van der Waals surface area contributed by atoms with Gasteiger partial charge in [0.05, 0.1) is 29.6 Å². The number of anilines is 1. The summed E-state index contributed by atoms with van der Waals surface area (Å²) in [5.74, 6) is -5.08. The number of hydrogen-bond donors (Lipinski definition) is 5. The summed E-state index contributed by atoms with van der Waals surface area (Å²) in [7, 11) is -4.10. The molecular formula is C33H35Cl3F4N5O12P. The van der Waals surface area contributed by atoms with Crippen LogP contribution in [0.1, 0.15) is 57.5 Å². The number of ether oxygens (including phenoxy) is 2. The number of amides is 2. The molecule has 0 spiro atoms. The molecule has 318 valence electrons. The number of alkyl halides is 3. The van der Waals surface area contributed by atoms with Gasteiger partial charge in [-0.25, -0.2) is 27.8 Å². The number of rotatable bonds is 12. The van der Waals surface area contributed by atoms with Crippen molar-refractivity contribution in [2.75, 3.05) is 17.7 Å². The zero-order valence-corrected chi connectivity index (χ0v) is 33.6. The number of aromatic nitrogens is 3. The molecule has 0 bridgehead atoms. The van der Waals surface area contributed by atoms with Crippen molar-refractivity contribution in [3.8, 4) is 11.4 Å². The normalized spacial score (nSPS) is 14.8. The summed E-state index contributed by atoms with van der Waals surface area (Å²) in [6.07, 6.45) is 2.14. The first-order valence-electron chi connectivity index (χ1n) is 16.6. The summed E-state index contributed by atoms with van der Waals surface area (Å²) in [5, 5.41) is 21.1. The van der Waals surface area contributed by atoms with Crippen molar-refractivity contribution in [2.24, 2.45) is 0 Å². The molecule has 3 aromatic rings. The average Bonchev–Trinajstić information content (AvgIpc) is 3.80. The number of carbonyl (C=O) groups excluding carboxylic acids is 2. The molecule has 1 unspecified atom stereocenters. The Morgan fingerprint density at radius 1 is 1.02 bits per heavy atom. The van der Waals surface area contributed by atoms with E-state index in [2.05, 4.69) is 10.4 Å². The zero-order valence-electron chi connectivity index (χ0n) is 30.4. The van der Waals surface area contributed by atoms with Gasteiger partial charge in [-0.05, 0) is 75.8 Å². The van der Waals surface area contributed by atoms with Crippen LogP contribution in [-0.2, 0) is 30.1 Å². The smallest absolute Gasteiger partial charge is 0.427 e. The highest BCUT2D eigenvalue weighted by molar-refractivity contribution is 7.51. The standard InChI is InChI=1S/C17H17ClFNO4.C13H10Cl2F3N3O3.C3H8NO5P/c1-9(2)15-16(21)20(17(22)24-15)13-8-14(11(18)7-12(13)19)23-10-5-3-4-6-10;1-5-19-21(13(24)20(5)12(17)18)10-3-6(2-8(15)11(22)23)7(14)4-9(10)16;5-3(6)1-4-2-10(7,8)9/h7-8,10H,3-6H2,1-2H3;3-4,8,12H,2H2,1H3,(H,22,23);4H,1-2H2,(H,5,6)(H2,7,8,9). The van der Waals surface area contributed by atoms with Gasteiger partial charge < -0.3 is 29.5 Å². The monoisotopic (exact) mass is 905 g/mol. The summed E-state index contributed by atoms with van der Waals surface area (Å²) >= 11 is 17.5. The number of carboxylic acid groups (broad SMARTS) is 2. The molecule has 17 nitrogen and oxygen atoms in total. The number of imide groups is 1. The van der Waals surface area contributed by atoms with E-state index >= 15 is 0 Å². The van der Waals surface area contributed by atoms with Gasteiger partial charge in [0.25, 0.3) is 0 Å². The predicted molar refractivity (Wildman–Crippen MR) is 199 cm³/mol. The van der Waals surface area contributed by atoms with E-state index in [-0.39, 0.29) is 55.7 Å². The van der Waals surface area contributed by atoms with Gasteiger partial charge in [0.1, 0.15) is 28.5 Å². The maximum absolute atomic E-state index is 14.3. The fourth-order valence-electron chi connectivity index (χ4n) is 5.20.